The van der Waals surface area contributed by atoms with E-state index in [1.807, 2.05) is 0 Å². The van der Waals surface area contributed by atoms with Crippen molar-refractivity contribution >= 4 is 5.96 Å². The molecule has 0 spiro atoms. The quantitative estimate of drug-likeness (QED) is 0.223. The summed E-state index contributed by atoms with van der Waals surface area (Å²) in [5.41, 5.74) is 7.62. The number of guanidine groups is 1. The predicted molar refractivity (Wildman–Crippen MR) is 47.4 cm³/mol. The second-order valence-corrected chi connectivity index (χ2v) is 3.02. The van der Waals surface area contributed by atoms with Crippen LogP contribution in [0, 0.1) is 0 Å². The number of hydrogen-bond acceptors (Lipinski definition) is 3. The molecule has 1 fully saturated rings. The number of hydrazine groups is 1. The molecule has 1 saturated heterocycles. The van der Waals surface area contributed by atoms with E-state index in [0.29, 0.717) is 12.6 Å². The zero-order valence-electron chi connectivity index (χ0n) is 7.29. The van der Waals surface area contributed by atoms with E-state index >= 15 is 0 Å². The van der Waals surface area contributed by atoms with Gasteiger partial charge in [0.25, 0.3) is 0 Å². The van der Waals surface area contributed by atoms with Crippen LogP contribution in [0.25, 0.3) is 0 Å². The van der Waals surface area contributed by atoms with Crippen molar-refractivity contribution in [1.82, 2.24) is 5.43 Å². The molecule has 70 valence electrons. The van der Waals surface area contributed by atoms with Gasteiger partial charge in [-0.2, -0.15) is 0 Å². The van der Waals surface area contributed by atoms with Gasteiger partial charge in [0.1, 0.15) is 0 Å². The molecule has 0 amide bonds. The fourth-order valence-electron chi connectivity index (χ4n) is 1.27. The standard InChI is InChI=1S/C7H16N4O/c1-5-2-3-6(12-5)4-10-7(8)11-9/h5-6H,2-4,9H2,1H3,(H3,8,10,11). The van der Waals surface area contributed by atoms with Crippen molar-refractivity contribution in [2.24, 2.45) is 16.6 Å². The molecule has 2 unspecified atom stereocenters. The van der Waals surface area contributed by atoms with Crippen molar-refractivity contribution in [3.63, 3.8) is 0 Å². The topological polar surface area (TPSA) is 85.7 Å². The molecule has 0 aromatic heterocycles. The Morgan fingerprint density at radius 2 is 2.42 bits per heavy atom. The van der Waals surface area contributed by atoms with Gasteiger partial charge in [-0.15, -0.1) is 0 Å². The number of nitrogens with zero attached hydrogens (tertiary/aromatic N) is 1. The maximum Gasteiger partial charge on any atom is 0.203 e. The zero-order valence-corrected chi connectivity index (χ0v) is 7.29. The lowest BCUT2D eigenvalue weighted by Crippen LogP contribution is -2.37. The molecule has 0 saturated carbocycles. The van der Waals surface area contributed by atoms with Crippen molar-refractivity contribution < 1.29 is 4.74 Å². The van der Waals surface area contributed by atoms with E-state index < -0.39 is 0 Å². The first-order valence-electron chi connectivity index (χ1n) is 4.14. The van der Waals surface area contributed by atoms with Crippen LogP contribution in [-0.4, -0.2) is 24.7 Å². The third kappa shape index (κ3) is 2.67. The second kappa shape index (κ2) is 4.27. The molecule has 1 rings (SSSR count). The van der Waals surface area contributed by atoms with E-state index in [-0.39, 0.29) is 12.1 Å². The minimum atomic E-state index is 0.215. The minimum absolute atomic E-state index is 0.215. The van der Waals surface area contributed by atoms with Crippen LogP contribution in [0.3, 0.4) is 0 Å². The van der Waals surface area contributed by atoms with E-state index in [4.69, 9.17) is 16.3 Å². The van der Waals surface area contributed by atoms with Gasteiger partial charge in [-0.1, -0.05) is 0 Å². The Kier molecular flexibility index (Phi) is 3.31. The van der Waals surface area contributed by atoms with Gasteiger partial charge in [0, 0.05) is 0 Å². The Balaban J connectivity index is 2.24. The molecule has 1 aliphatic rings. The number of nitrogens with one attached hydrogen (secondary N) is 1. The molecule has 0 radical (unpaired) electrons. The lowest BCUT2D eigenvalue weighted by Gasteiger charge is -2.07. The highest BCUT2D eigenvalue weighted by Crippen LogP contribution is 2.18. The van der Waals surface area contributed by atoms with Gasteiger partial charge in [-0.05, 0) is 19.8 Å². The fourth-order valence-corrected chi connectivity index (χ4v) is 1.27. The number of ether oxygens (including phenoxy) is 1. The SMILES string of the molecule is CC1CCC(CN=C(N)NN)O1. The van der Waals surface area contributed by atoms with Gasteiger partial charge >= 0.3 is 0 Å². The molecule has 5 nitrogen and oxygen atoms in total. The van der Waals surface area contributed by atoms with Crippen LogP contribution in [0.2, 0.25) is 0 Å². The van der Waals surface area contributed by atoms with Gasteiger partial charge in [-0.3, -0.25) is 5.43 Å². The summed E-state index contributed by atoms with van der Waals surface area (Å²) in [4.78, 5) is 3.99. The number of hydrogen-bond donors (Lipinski definition) is 3. The highest BCUT2D eigenvalue weighted by molar-refractivity contribution is 5.77. The molecule has 5 N–H and O–H groups in total. The molecule has 0 aliphatic carbocycles. The van der Waals surface area contributed by atoms with Crippen LogP contribution in [-0.2, 0) is 4.74 Å². The van der Waals surface area contributed by atoms with Crippen molar-refractivity contribution in [3.8, 4) is 0 Å². The largest absolute Gasteiger partial charge is 0.373 e. The van der Waals surface area contributed by atoms with Crippen molar-refractivity contribution in [3.05, 3.63) is 0 Å². The third-order valence-electron chi connectivity index (χ3n) is 1.93. The Morgan fingerprint density at radius 1 is 1.67 bits per heavy atom. The van der Waals surface area contributed by atoms with Gasteiger partial charge in [-0.25, -0.2) is 10.8 Å². The highest BCUT2D eigenvalue weighted by Gasteiger charge is 2.20. The Morgan fingerprint density at radius 3 is 2.92 bits per heavy atom. The van der Waals surface area contributed by atoms with Crippen LogP contribution in [0.15, 0.2) is 4.99 Å². The first kappa shape index (κ1) is 9.28. The maximum absolute atomic E-state index is 5.52. The predicted octanol–water partition coefficient (Wildman–Crippen LogP) is -0.668. The summed E-state index contributed by atoms with van der Waals surface area (Å²) in [6.45, 7) is 2.66. The summed E-state index contributed by atoms with van der Waals surface area (Å²) in [5.74, 6) is 5.30. The monoisotopic (exact) mass is 172 g/mol. The minimum Gasteiger partial charge on any atom is -0.373 e. The van der Waals surface area contributed by atoms with E-state index in [1.165, 1.54) is 0 Å². The average molecular weight is 172 g/mol. The van der Waals surface area contributed by atoms with Crippen molar-refractivity contribution in [1.29, 1.82) is 0 Å². The summed E-state index contributed by atoms with van der Waals surface area (Å²) >= 11 is 0. The lowest BCUT2D eigenvalue weighted by molar-refractivity contribution is 0.0615. The number of aliphatic imine (C=N–C) groups is 1. The van der Waals surface area contributed by atoms with E-state index in [9.17, 15) is 0 Å². The normalized spacial score (nSPS) is 30.7. The average Bonchev–Trinajstić information content (AvgIpc) is 2.47. The lowest BCUT2D eigenvalue weighted by atomic mass is 10.2. The Labute approximate surface area is 72.1 Å². The van der Waals surface area contributed by atoms with E-state index in [1.54, 1.807) is 0 Å². The van der Waals surface area contributed by atoms with Crippen LogP contribution < -0.4 is 17.0 Å². The molecule has 0 aromatic rings. The van der Waals surface area contributed by atoms with Crippen LogP contribution >= 0.6 is 0 Å². The van der Waals surface area contributed by atoms with Crippen LogP contribution in [0.5, 0.6) is 0 Å². The second-order valence-electron chi connectivity index (χ2n) is 3.02. The molecular weight excluding hydrogens is 156 g/mol. The van der Waals surface area contributed by atoms with Crippen molar-refractivity contribution in [2.75, 3.05) is 6.54 Å². The third-order valence-corrected chi connectivity index (χ3v) is 1.93. The molecule has 2 atom stereocenters. The molecular formula is C7H16N4O. The zero-order chi connectivity index (χ0) is 8.97. The maximum atomic E-state index is 5.52. The first-order chi connectivity index (χ1) is 5.72. The van der Waals surface area contributed by atoms with Gasteiger partial charge in [0.2, 0.25) is 5.96 Å². The first-order valence-corrected chi connectivity index (χ1v) is 4.14. The molecule has 0 aromatic carbocycles. The number of nitrogens with two attached hydrogens (primary N) is 2. The Hall–Kier alpha value is -0.810. The van der Waals surface area contributed by atoms with Gasteiger partial charge in [0.05, 0.1) is 18.8 Å². The summed E-state index contributed by atoms with van der Waals surface area (Å²) in [5, 5.41) is 0. The molecule has 1 aliphatic heterocycles. The summed E-state index contributed by atoms with van der Waals surface area (Å²) in [7, 11) is 0. The van der Waals surface area contributed by atoms with Gasteiger partial charge in [0.15, 0.2) is 0 Å². The van der Waals surface area contributed by atoms with E-state index in [0.717, 1.165) is 12.8 Å². The smallest absolute Gasteiger partial charge is 0.203 e. The molecule has 5 heteroatoms. The van der Waals surface area contributed by atoms with Gasteiger partial charge < -0.3 is 10.5 Å². The number of rotatable bonds is 2. The van der Waals surface area contributed by atoms with Crippen LogP contribution in [0.1, 0.15) is 19.8 Å². The molecule has 12 heavy (non-hydrogen) atoms. The van der Waals surface area contributed by atoms with E-state index in [2.05, 4.69) is 17.3 Å². The Bertz CT molecular complexity index is 171. The summed E-state index contributed by atoms with van der Waals surface area (Å²) < 4.78 is 5.52. The highest BCUT2D eigenvalue weighted by atomic mass is 16.5. The molecule has 1 heterocycles. The summed E-state index contributed by atoms with van der Waals surface area (Å²) in [6.07, 6.45) is 2.74. The molecule has 0 bridgehead atoms. The fraction of sp³-hybridized carbons (Fsp3) is 0.857. The summed E-state index contributed by atoms with van der Waals surface area (Å²) in [6, 6.07) is 0. The van der Waals surface area contributed by atoms with Crippen LogP contribution in [0.4, 0.5) is 0 Å². The van der Waals surface area contributed by atoms with Crippen molar-refractivity contribution in [2.45, 2.75) is 32.0 Å².